The molecule has 0 aliphatic carbocycles. The number of carbonyl (C=O) groups excluding carboxylic acids is 1. The fraction of sp³-hybridized carbons (Fsp3) is 0.533. The molecule has 0 bridgehead atoms. The smallest absolute Gasteiger partial charge is 0.243 e. The molecule has 130 valence electrons. The topological polar surface area (TPSA) is 75.7 Å². The van der Waals surface area contributed by atoms with Gasteiger partial charge in [0.25, 0.3) is 0 Å². The molecule has 0 heterocycles. The van der Waals surface area contributed by atoms with E-state index >= 15 is 0 Å². The molecular formula is C15H24N2O4S2. The number of ether oxygens (including phenoxy) is 1. The minimum atomic E-state index is -3.57. The van der Waals surface area contributed by atoms with Gasteiger partial charge in [-0.3, -0.25) is 4.79 Å². The van der Waals surface area contributed by atoms with Crippen LogP contribution in [0.25, 0.3) is 0 Å². The predicted octanol–water partition coefficient (Wildman–Crippen LogP) is 1.41. The number of aryl methyl sites for hydroxylation is 2. The standard InChI is InChI=1S/C15H24N2O4S2/c1-11-8-13(21-5)9-12(2)15(11)23(19,20)17(4)6-7-22-10-14(18)16-3/h8-9H,6-7,10H2,1-5H3,(H,16,18). The molecule has 6 nitrogen and oxygen atoms in total. The number of thioether (sulfide) groups is 1. The first-order valence-corrected chi connectivity index (χ1v) is 9.73. The molecule has 0 saturated heterocycles. The van der Waals surface area contributed by atoms with Crippen LogP contribution in [0.15, 0.2) is 17.0 Å². The van der Waals surface area contributed by atoms with Crippen LogP contribution in [0.1, 0.15) is 11.1 Å². The number of methoxy groups -OCH3 is 1. The molecule has 0 unspecified atom stereocenters. The number of nitrogens with one attached hydrogen (secondary N) is 1. The first-order chi connectivity index (χ1) is 10.7. The fourth-order valence-corrected chi connectivity index (χ4v) is 4.71. The fourth-order valence-electron chi connectivity index (χ4n) is 2.14. The van der Waals surface area contributed by atoms with Gasteiger partial charge in [0.15, 0.2) is 0 Å². The molecule has 1 N–H and O–H groups in total. The van der Waals surface area contributed by atoms with Gasteiger partial charge in [-0.2, -0.15) is 11.8 Å². The van der Waals surface area contributed by atoms with Gasteiger partial charge in [0.2, 0.25) is 15.9 Å². The number of nitrogens with zero attached hydrogens (tertiary/aromatic N) is 1. The SMILES string of the molecule is CNC(=O)CSCCN(C)S(=O)(=O)c1c(C)cc(OC)cc1C. The lowest BCUT2D eigenvalue weighted by atomic mass is 10.1. The lowest BCUT2D eigenvalue weighted by Crippen LogP contribution is -2.30. The third kappa shape index (κ3) is 5.12. The first-order valence-electron chi connectivity index (χ1n) is 7.14. The second kappa shape index (κ2) is 8.56. The van der Waals surface area contributed by atoms with Crippen LogP contribution in [0.5, 0.6) is 5.75 Å². The first kappa shape index (κ1) is 19.8. The van der Waals surface area contributed by atoms with E-state index in [-0.39, 0.29) is 5.91 Å². The molecule has 0 aromatic heterocycles. The van der Waals surface area contributed by atoms with Gasteiger partial charge in [0.05, 0.1) is 17.8 Å². The van der Waals surface area contributed by atoms with Gasteiger partial charge in [-0.25, -0.2) is 12.7 Å². The summed E-state index contributed by atoms with van der Waals surface area (Å²) in [5.41, 5.74) is 1.32. The van der Waals surface area contributed by atoms with Crippen molar-refractivity contribution in [3.63, 3.8) is 0 Å². The van der Waals surface area contributed by atoms with Crippen LogP contribution in [0, 0.1) is 13.8 Å². The van der Waals surface area contributed by atoms with E-state index in [2.05, 4.69) is 5.32 Å². The van der Waals surface area contributed by atoms with Crippen molar-refractivity contribution in [3.05, 3.63) is 23.3 Å². The maximum atomic E-state index is 12.8. The van der Waals surface area contributed by atoms with Crippen LogP contribution in [0.2, 0.25) is 0 Å². The van der Waals surface area contributed by atoms with E-state index in [0.717, 1.165) is 0 Å². The molecule has 1 aromatic carbocycles. The zero-order valence-electron chi connectivity index (χ0n) is 14.2. The van der Waals surface area contributed by atoms with Crippen molar-refractivity contribution in [1.29, 1.82) is 0 Å². The predicted molar refractivity (Wildman–Crippen MR) is 93.7 cm³/mol. The Bertz CT molecular complexity index is 636. The van der Waals surface area contributed by atoms with E-state index in [1.54, 1.807) is 47.2 Å². The molecule has 1 rings (SSSR count). The molecule has 0 saturated carbocycles. The summed E-state index contributed by atoms with van der Waals surface area (Å²) in [4.78, 5) is 11.5. The maximum Gasteiger partial charge on any atom is 0.243 e. The van der Waals surface area contributed by atoms with E-state index in [4.69, 9.17) is 4.74 Å². The second-order valence-corrected chi connectivity index (χ2v) is 8.23. The molecule has 1 amide bonds. The Morgan fingerprint density at radius 3 is 2.35 bits per heavy atom. The highest BCUT2D eigenvalue weighted by molar-refractivity contribution is 8.00. The quantitative estimate of drug-likeness (QED) is 0.710. The van der Waals surface area contributed by atoms with Crippen molar-refractivity contribution in [1.82, 2.24) is 9.62 Å². The summed E-state index contributed by atoms with van der Waals surface area (Å²) in [6.07, 6.45) is 0. The Hall–Kier alpha value is -1.25. The minimum Gasteiger partial charge on any atom is -0.497 e. The van der Waals surface area contributed by atoms with Crippen LogP contribution >= 0.6 is 11.8 Å². The zero-order valence-corrected chi connectivity index (χ0v) is 15.8. The van der Waals surface area contributed by atoms with Gasteiger partial charge in [-0.15, -0.1) is 0 Å². The molecule has 0 radical (unpaired) electrons. The zero-order chi connectivity index (χ0) is 17.6. The molecule has 0 spiro atoms. The summed E-state index contributed by atoms with van der Waals surface area (Å²) >= 11 is 1.40. The summed E-state index contributed by atoms with van der Waals surface area (Å²) in [6.45, 7) is 3.86. The van der Waals surface area contributed by atoms with Crippen molar-refractivity contribution < 1.29 is 17.9 Å². The molecule has 0 fully saturated rings. The molecule has 23 heavy (non-hydrogen) atoms. The summed E-state index contributed by atoms with van der Waals surface area (Å²) in [6, 6.07) is 3.43. The Morgan fingerprint density at radius 2 is 1.87 bits per heavy atom. The van der Waals surface area contributed by atoms with E-state index in [9.17, 15) is 13.2 Å². The Morgan fingerprint density at radius 1 is 1.30 bits per heavy atom. The molecule has 0 atom stereocenters. The Labute approximate surface area is 142 Å². The number of hydrogen-bond acceptors (Lipinski definition) is 5. The molecule has 0 aliphatic rings. The molecule has 8 heteroatoms. The van der Waals surface area contributed by atoms with Gasteiger partial charge >= 0.3 is 0 Å². The van der Waals surface area contributed by atoms with Crippen LogP contribution < -0.4 is 10.1 Å². The van der Waals surface area contributed by atoms with E-state index in [1.807, 2.05) is 0 Å². The largest absolute Gasteiger partial charge is 0.497 e. The number of sulfonamides is 1. The van der Waals surface area contributed by atoms with Crippen LogP contribution in [-0.4, -0.2) is 57.9 Å². The van der Waals surface area contributed by atoms with Crippen LogP contribution in [0.3, 0.4) is 0 Å². The van der Waals surface area contributed by atoms with Crippen molar-refractivity contribution >= 4 is 27.7 Å². The summed E-state index contributed by atoms with van der Waals surface area (Å²) in [5, 5.41) is 2.53. The monoisotopic (exact) mass is 360 g/mol. The van der Waals surface area contributed by atoms with Gasteiger partial charge < -0.3 is 10.1 Å². The van der Waals surface area contributed by atoms with Crippen LogP contribution in [-0.2, 0) is 14.8 Å². The highest BCUT2D eigenvalue weighted by atomic mass is 32.2. The number of rotatable bonds is 8. The number of amides is 1. The number of hydrogen-bond donors (Lipinski definition) is 1. The van der Waals surface area contributed by atoms with E-state index in [1.165, 1.54) is 16.1 Å². The molecular weight excluding hydrogens is 336 g/mol. The summed E-state index contributed by atoms with van der Waals surface area (Å²) < 4.78 is 32.0. The lowest BCUT2D eigenvalue weighted by Gasteiger charge is -2.20. The third-order valence-corrected chi connectivity index (χ3v) is 6.50. The van der Waals surface area contributed by atoms with Gasteiger partial charge in [-0.1, -0.05) is 0 Å². The highest BCUT2D eigenvalue weighted by Gasteiger charge is 2.25. The highest BCUT2D eigenvalue weighted by Crippen LogP contribution is 2.27. The second-order valence-electron chi connectivity index (χ2n) is 5.14. The summed E-state index contributed by atoms with van der Waals surface area (Å²) in [5.74, 6) is 1.45. The van der Waals surface area contributed by atoms with E-state index < -0.39 is 10.0 Å². The van der Waals surface area contributed by atoms with Gasteiger partial charge in [-0.05, 0) is 37.1 Å². The van der Waals surface area contributed by atoms with Crippen molar-refractivity contribution in [2.45, 2.75) is 18.7 Å². The molecule has 0 aliphatic heterocycles. The number of carbonyl (C=O) groups is 1. The van der Waals surface area contributed by atoms with Crippen molar-refractivity contribution in [2.24, 2.45) is 0 Å². The molecule has 1 aromatic rings. The minimum absolute atomic E-state index is 0.0673. The number of benzene rings is 1. The lowest BCUT2D eigenvalue weighted by molar-refractivity contribution is -0.118. The Balaban J connectivity index is 2.84. The van der Waals surface area contributed by atoms with Crippen molar-refractivity contribution in [2.75, 3.05) is 39.3 Å². The van der Waals surface area contributed by atoms with Crippen molar-refractivity contribution in [3.8, 4) is 5.75 Å². The third-order valence-electron chi connectivity index (χ3n) is 3.40. The van der Waals surface area contributed by atoms with Gasteiger partial charge in [0, 0.05) is 26.4 Å². The maximum absolute atomic E-state index is 12.8. The van der Waals surface area contributed by atoms with E-state index in [0.29, 0.717) is 39.8 Å². The summed E-state index contributed by atoms with van der Waals surface area (Å²) in [7, 11) is 1.12. The normalized spacial score (nSPS) is 11.6. The van der Waals surface area contributed by atoms with Crippen LogP contribution in [0.4, 0.5) is 0 Å². The Kier molecular flexibility index (Phi) is 7.37. The van der Waals surface area contributed by atoms with Gasteiger partial charge in [0.1, 0.15) is 5.75 Å². The average Bonchev–Trinajstić information content (AvgIpc) is 2.49. The average molecular weight is 361 g/mol.